The summed E-state index contributed by atoms with van der Waals surface area (Å²) in [5.74, 6) is 0.862. The largest absolute Gasteiger partial charge is 0.494 e. The van der Waals surface area contributed by atoms with Crippen molar-refractivity contribution < 1.29 is 9.53 Å². The summed E-state index contributed by atoms with van der Waals surface area (Å²) in [5.41, 5.74) is 0. The zero-order valence-electron chi connectivity index (χ0n) is 12.4. The highest BCUT2D eigenvalue weighted by Gasteiger charge is 1.99. The number of para-hydroxylation sites is 1. The van der Waals surface area contributed by atoms with Gasteiger partial charge >= 0.3 is 6.03 Å². The number of hydrogen-bond donors (Lipinski definition) is 2. The van der Waals surface area contributed by atoms with Gasteiger partial charge in [-0.2, -0.15) is 0 Å². The minimum Gasteiger partial charge on any atom is -0.494 e. The summed E-state index contributed by atoms with van der Waals surface area (Å²) in [6, 6.07) is 9.57. The topological polar surface area (TPSA) is 53.6 Å². The molecule has 2 N–H and O–H groups in total. The molecule has 1 rings (SSSR count). The fraction of sp³-hybridized carbons (Fsp3) is 0.533. The average molecular weight is 279 g/mol. The zero-order chi connectivity index (χ0) is 14.6. The monoisotopic (exact) mass is 279 g/mol. The van der Waals surface area contributed by atoms with Gasteiger partial charge in [0.05, 0.1) is 6.61 Å². The van der Waals surface area contributed by atoms with Crippen molar-refractivity contribution in [1.82, 2.24) is 15.5 Å². The fourth-order valence-corrected chi connectivity index (χ4v) is 1.64. The third kappa shape index (κ3) is 8.37. The molecule has 0 heterocycles. The van der Waals surface area contributed by atoms with Crippen molar-refractivity contribution in [3.8, 4) is 5.75 Å². The molecule has 0 radical (unpaired) electrons. The second-order valence-electron chi connectivity index (χ2n) is 4.85. The minimum absolute atomic E-state index is 0.108. The van der Waals surface area contributed by atoms with Gasteiger partial charge in [0.15, 0.2) is 0 Å². The minimum atomic E-state index is -0.108. The molecule has 0 aliphatic heterocycles. The predicted molar refractivity (Wildman–Crippen MR) is 81.1 cm³/mol. The molecule has 112 valence electrons. The Kier molecular flexibility index (Phi) is 8.22. The first-order chi connectivity index (χ1) is 9.68. The number of hydrogen-bond acceptors (Lipinski definition) is 3. The number of benzene rings is 1. The van der Waals surface area contributed by atoms with Crippen molar-refractivity contribution in [3.63, 3.8) is 0 Å². The van der Waals surface area contributed by atoms with Crippen LogP contribution in [0.15, 0.2) is 30.3 Å². The molecular formula is C15H25N3O2. The van der Waals surface area contributed by atoms with E-state index in [4.69, 9.17) is 4.74 Å². The first kappa shape index (κ1) is 16.3. The van der Waals surface area contributed by atoms with E-state index in [9.17, 15) is 4.79 Å². The molecule has 1 aromatic carbocycles. The number of urea groups is 1. The lowest BCUT2D eigenvalue weighted by atomic mass is 10.3. The Labute approximate surface area is 121 Å². The molecule has 5 nitrogen and oxygen atoms in total. The Morgan fingerprint density at radius 2 is 1.75 bits per heavy atom. The summed E-state index contributed by atoms with van der Waals surface area (Å²) < 4.78 is 5.54. The maximum Gasteiger partial charge on any atom is 0.314 e. The van der Waals surface area contributed by atoms with Gasteiger partial charge in [-0.25, -0.2) is 4.79 Å². The van der Waals surface area contributed by atoms with Gasteiger partial charge < -0.3 is 20.3 Å². The Morgan fingerprint density at radius 1 is 1.10 bits per heavy atom. The van der Waals surface area contributed by atoms with Crippen molar-refractivity contribution in [3.05, 3.63) is 30.3 Å². The van der Waals surface area contributed by atoms with E-state index >= 15 is 0 Å². The Balaban J connectivity index is 1.94. The maximum absolute atomic E-state index is 11.4. The van der Waals surface area contributed by atoms with E-state index in [1.54, 1.807) is 0 Å². The molecule has 0 aliphatic carbocycles. The van der Waals surface area contributed by atoms with Crippen LogP contribution in [-0.2, 0) is 0 Å². The van der Waals surface area contributed by atoms with Gasteiger partial charge in [0, 0.05) is 13.1 Å². The van der Waals surface area contributed by atoms with Gasteiger partial charge in [0.1, 0.15) is 5.75 Å². The molecule has 0 saturated carbocycles. The van der Waals surface area contributed by atoms with Crippen LogP contribution in [0.5, 0.6) is 5.75 Å². The van der Waals surface area contributed by atoms with Crippen LogP contribution in [0.1, 0.15) is 12.8 Å². The molecule has 0 atom stereocenters. The molecule has 0 unspecified atom stereocenters. The van der Waals surface area contributed by atoms with Crippen LogP contribution < -0.4 is 15.4 Å². The van der Waals surface area contributed by atoms with Crippen LogP contribution in [0.25, 0.3) is 0 Å². The van der Waals surface area contributed by atoms with E-state index in [1.807, 2.05) is 44.4 Å². The Bertz CT molecular complexity index is 369. The van der Waals surface area contributed by atoms with E-state index in [0.29, 0.717) is 19.7 Å². The molecule has 2 amide bonds. The van der Waals surface area contributed by atoms with Gasteiger partial charge in [-0.05, 0) is 45.6 Å². The molecule has 0 bridgehead atoms. The van der Waals surface area contributed by atoms with Gasteiger partial charge in [-0.15, -0.1) is 0 Å². The highest BCUT2D eigenvalue weighted by atomic mass is 16.5. The summed E-state index contributed by atoms with van der Waals surface area (Å²) in [4.78, 5) is 13.5. The zero-order valence-corrected chi connectivity index (χ0v) is 12.4. The van der Waals surface area contributed by atoms with E-state index in [0.717, 1.165) is 25.1 Å². The number of rotatable bonds is 9. The summed E-state index contributed by atoms with van der Waals surface area (Å²) in [5, 5.41) is 5.64. The van der Waals surface area contributed by atoms with Crippen molar-refractivity contribution in [2.45, 2.75) is 12.8 Å². The summed E-state index contributed by atoms with van der Waals surface area (Å²) >= 11 is 0. The highest BCUT2D eigenvalue weighted by molar-refractivity contribution is 5.73. The molecule has 20 heavy (non-hydrogen) atoms. The molecular weight excluding hydrogens is 254 g/mol. The summed E-state index contributed by atoms with van der Waals surface area (Å²) in [7, 11) is 4.04. The second-order valence-corrected chi connectivity index (χ2v) is 4.85. The van der Waals surface area contributed by atoms with Crippen LogP contribution in [0.4, 0.5) is 4.79 Å². The third-order valence-electron chi connectivity index (χ3n) is 2.69. The van der Waals surface area contributed by atoms with E-state index in [2.05, 4.69) is 15.5 Å². The SMILES string of the molecule is CN(C)CCCNC(=O)NCCCOc1ccccc1. The first-order valence-electron chi connectivity index (χ1n) is 7.03. The number of amides is 2. The average Bonchev–Trinajstić information content (AvgIpc) is 2.44. The first-order valence-corrected chi connectivity index (χ1v) is 7.03. The molecule has 0 aromatic heterocycles. The normalized spacial score (nSPS) is 10.3. The van der Waals surface area contributed by atoms with Gasteiger partial charge in [-0.1, -0.05) is 18.2 Å². The number of ether oxygens (including phenoxy) is 1. The highest BCUT2D eigenvalue weighted by Crippen LogP contribution is 2.07. The Hall–Kier alpha value is -1.75. The van der Waals surface area contributed by atoms with Gasteiger partial charge in [0.25, 0.3) is 0 Å². The number of carbonyl (C=O) groups is 1. The van der Waals surface area contributed by atoms with Gasteiger partial charge in [-0.3, -0.25) is 0 Å². The van der Waals surface area contributed by atoms with Gasteiger partial charge in [0.2, 0.25) is 0 Å². The van der Waals surface area contributed by atoms with E-state index < -0.39 is 0 Å². The van der Waals surface area contributed by atoms with Crippen molar-refractivity contribution in [2.75, 3.05) is 40.3 Å². The third-order valence-corrected chi connectivity index (χ3v) is 2.69. The van der Waals surface area contributed by atoms with Crippen molar-refractivity contribution in [1.29, 1.82) is 0 Å². The van der Waals surface area contributed by atoms with Crippen LogP contribution >= 0.6 is 0 Å². The standard InChI is InChI=1S/C15H25N3O2/c1-18(2)12-6-10-16-15(19)17-11-7-13-20-14-8-4-3-5-9-14/h3-5,8-9H,6-7,10-13H2,1-2H3,(H2,16,17,19). The number of carbonyl (C=O) groups excluding carboxylic acids is 1. The molecule has 0 aliphatic rings. The number of nitrogens with zero attached hydrogens (tertiary/aromatic N) is 1. The van der Waals surface area contributed by atoms with E-state index in [-0.39, 0.29) is 6.03 Å². The molecule has 5 heteroatoms. The molecule has 0 spiro atoms. The molecule has 1 aromatic rings. The second kappa shape index (κ2) is 10.1. The molecule has 0 saturated heterocycles. The Morgan fingerprint density at radius 3 is 2.40 bits per heavy atom. The lowest BCUT2D eigenvalue weighted by molar-refractivity contribution is 0.238. The van der Waals surface area contributed by atoms with Crippen molar-refractivity contribution >= 4 is 6.03 Å². The maximum atomic E-state index is 11.4. The summed E-state index contributed by atoms with van der Waals surface area (Å²) in [6.07, 6.45) is 1.75. The smallest absolute Gasteiger partial charge is 0.314 e. The van der Waals surface area contributed by atoms with Crippen LogP contribution in [0, 0.1) is 0 Å². The summed E-state index contributed by atoms with van der Waals surface area (Å²) in [6.45, 7) is 2.90. The van der Waals surface area contributed by atoms with Crippen molar-refractivity contribution in [2.24, 2.45) is 0 Å². The predicted octanol–water partition coefficient (Wildman–Crippen LogP) is 1.71. The van der Waals surface area contributed by atoms with Crippen LogP contribution in [0.2, 0.25) is 0 Å². The number of nitrogens with one attached hydrogen (secondary N) is 2. The van der Waals surface area contributed by atoms with Crippen LogP contribution in [-0.4, -0.2) is 51.3 Å². The fourth-order valence-electron chi connectivity index (χ4n) is 1.64. The molecule has 0 fully saturated rings. The quantitative estimate of drug-likeness (QED) is 0.677. The van der Waals surface area contributed by atoms with Crippen LogP contribution in [0.3, 0.4) is 0 Å². The lowest BCUT2D eigenvalue weighted by Gasteiger charge is -2.11. The lowest BCUT2D eigenvalue weighted by Crippen LogP contribution is -2.37. The van der Waals surface area contributed by atoms with E-state index in [1.165, 1.54) is 0 Å².